The fourth-order valence-corrected chi connectivity index (χ4v) is 0.873. The zero-order valence-corrected chi connectivity index (χ0v) is 10.6. The van der Waals surface area contributed by atoms with Crippen LogP contribution in [0.2, 0.25) is 0 Å². The molecule has 0 saturated carbocycles. The van der Waals surface area contributed by atoms with Gasteiger partial charge in [0, 0.05) is 5.57 Å². The van der Waals surface area contributed by atoms with E-state index in [-0.39, 0.29) is 18.6 Å². The van der Waals surface area contributed by atoms with E-state index in [1.807, 2.05) is 20.8 Å². The van der Waals surface area contributed by atoms with Crippen LogP contribution in [0.4, 0.5) is 0 Å². The van der Waals surface area contributed by atoms with E-state index in [0.29, 0.717) is 12.2 Å². The van der Waals surface area contributed by atoms with Crippen LogP contribution in [0.15, 0.2) is 12.2 Å². The molecule has 0 saturated heterocycles. The van der Waals surface area contributed by atoms with Crippen molar-refractivity contribution >= 4 is 5.97 Å². The Hall–Kier alpha value is -0.870. The largest absolute Gasteiger partial charge is 0.454 e. The second-order valence-electron chi connectivity index (χ2n) is 5.07. The van der Waals surface area contributed by atoms with Gasteiger partial charge in [-0.1, -0.05) is 27.4 Å². The molecule has 0 heterocycles. The number of rotatable bonds is 6. The number of aliphatic hydroxyl groups is 1. The standard InChI is InChI=1S/C12H22O4/c1-9(2)11(14)16-10(6-13)7-15-8-12(3,4)5/h10,13H,1,6-8H2,2-5H3. The fourth-order valence-electron chi connectivity index (χ4n) is 0.873. The van der Waals surface area contributed by atoms with Crippen LogP contribution in [0, 0.1) is 5.41 Å². The lowest BCUT2D eigenvalue weighted by atomic mass is 9.99. The van der Waals surface area contributed by atoms with E-state index in [4.69, 9.17) is 14.6 Å². The zero-order chi connectivity index (χ0) is 12.8. The number of carbonyl (C=O) groups excluding carboxylic acids is 1. The molecule has 16 heavy (non-hydrogen) atoms. The van der Waals surface area contributed by atoms with Gasteiger partial charge in [-0.05, 0) is 12.3 Å². The third-order valence-electron chi connectivity index (χ3n) is 1.66. The van der Waals surface area contributed by atoms with Gasteiger partial charge in [0.25, 0.3) is 0 Å². The Labute approximate surface area is 97.2 Å². The minimum absolute atomic E-state index is 0.0539. The first-order valence-electron chi connectivity index (χ1n) is 5.31. The first-order valence-corrected chi connectivity index (χ1v) is 5.31. The van der Waals surface area contributed by atoms with Gasteiger partial charge in [-0.25, -0.2) is 4.79 Å². The van der Waals surface area contributed by atoms with E-state index >= 15 is 0 Å². The second kappa shape index (κ2) is 6.66. The van der Waals surface area contributed by atoms with Gasteiger partial charge < -0.3 is 14.6 Å². The quantitative estimate of drug-likeness (QED) is 0.555. The van der Waals surface area contributed by atoms with Crippen molar-refractivity contribution in [2.24, 2.45) is 5.41 Å². The van der Waals surface area contributed by atoms with Gasteiger partial charge in [0.15, 0.2) is 0 Å². The van der Waals surface area contributed by atoms with Gasteiger partial charge in [-0.3, -0.25) is 0 Å². The van der Waals surface area contributed by atoms with Gasteiger partial charge >= 0.3 is 5.97 Å². The summed E-state index contributed by atoms with van der Waals surface area (Å²) in [5.74, 6) is -0.501. The van der Waals surface area contributed by atoms with Crippen molar-refractivity contribution in [1.82, 2.24) is 0 Å². The van der Waals surface area contributed by atoms with E-state index in [0.717, 1.165) is 0 Å². The Morgan fingerprint density at radius 2 is 2.00 bits per heavy atom. The fraction of sp³-hybridized carbons (Fsp3) is 0.750. The highest BCUT2D eigenvalue weighted by Gasteiger charge is 2.16. The predicted octanol–water partition coefficient (Wildman–Crippen LogP) is 1.53. The van der Waals surface area contributed by atoms with Crippen molar-refractivity contribution in [2.45, 2.75) is 33.8 Å². The van der Waals surface area contributed by atoms with Crippen LogP contribution in [-0.4, -0.2) is 37.0 Å². The molecule has 1 N–H and O–H groups in total. The number of carbonyl (C=O) groups is 1. The molecule has 0 aliphatic heterocycles. The van der Waals surface area contributed by atoms with E-state index in [1.165, 1.54) is 0 Å². The third kappa shape index (κ3) is 7.43. The molecule has 0 aromatic heterocycles. The summed E-state index contributed by atoms with van der Waals surface area (Å²) >= 11 is 0. The second-order valence-corrected chi connectivity index (χ2v) is 5.07. The van der Waals surface area contributed by atoms with Gasteiger partial charge in [0.1, 0.15) is 6.10 Å². The minimum Gasteiger partial charge on any atom is -0.454 e. The van der Waals surface area contributed by atoms with Crippen molar-refractivity contribution < 1.29 is 19.4 Å². The summed E-state index contributed by atoms with van der Waals surface area (Å²) in [5.41, 5.74) is 0.368. The van der Waals surface area contributed by atoms with Crippen LogP contribution in [0.3, 0.4) is 0 Å². The Morgan fingerprint density at radius 1 is 1.44 bits per heavy atom. The lowest BCUT2D eigenvalue weighted by molar-refractivity contribution is -0.150. The lowest BCUT2D eigenvalue weighted by Crippen LogP contribution is -2.29. The molecule has 4 nitrogen and oxygen atoms in total. The van der Waals surface area contributed by atoms with E-state index in [9.17, 15) is 4.79 Å². The highest BCUT2D eigenvalue weighted by molar-refractivity contribution is 5.87. The van der Waals surface area contributed by atoms with E-state index < -0.39 is 12.1 Å². The maximum Gasteiger partial charge on any atom is 0.333 e. The first-order chi connectivity index (χ1) is 7.26. The summed E-state index contributed by atoms with van der Waals surface area (Å²) in [7, 11) is 0. The molecule has 1 atom stereocenters. The Morgan fingerprint density at radius 3 is 2.38 bits per heavy atom. The summed E-state index contributed by atoms with van der Waals surface area (Å²) in [5, 5.41) is 9.00. The molecule has 0 aromatic rings. The van der Waals surface area contributed by atoms with Gasteiger partial charge in [0.2, 0.25) is 0 Å². The maximum absolute atomic E-state index is 11.2. The molecule has 0 rings (SSSR count). The molecule has 1 unspecified atom stereocenters. The molecule has 0 amide bonds. The van der Waals surface area contributed by atoms with Crippen LogP contribution in [0.5, 0.6) is 0 Å². The van der Waals surface area contributed by atoms with Crippen molar-refractivity contribution in [3.8, 4) is 0 Å². The molecular formula is C12H22O4. The normalized spacial score (nSPS) is 13.3. The van der Waals surface area contributed by atoms with Crippen molar-refractivity contribution in [1.29, 1.82) is 0 Å². The summed E-state index contributed by atoms with van der Waals surface area (Å²) in [6, 6.07) is 0. The van der Waals surface area contributed by atoms with Crippen molar-refractivity contribution in [3.63, 3.8) is 0 Å². The summed E-state index contributed by atoms with van der Waals surface area (Å²) in [6.45, 7) is 11.7. The van der Waals surface area contributed by atoms with Crippen LogP contribution in [0.25, 0.3) is 0 Å². The highest BCUT2D eigenvalue weighted by Crippen LogP contribution is 2.13. The molecular weight excluding hydrogens is 208 g/mol. The van der Waals surface area contributed by atoms with Crippen molar-refractivity contribution in [2.75, 3.05) is 19.8 Å². The van der Waals surface area contributed by atoms with E-state index in [1.54, 1.807) is 6.92 Å². The molecule has 4 heteroatoms. The number of ether oxygens (including phenoxy) is 2. The van der Waals surface area contributed by atoms with Gasteiger partial charge in [0.05, 0.1) is 19.8 Å². The highest BCUT2D eigenvalue weighted by atomic mass is 16.6. The molecule has 94 valence electrons. The lowest BCUT2D eigenvalue weighted by Gasteiger charge is -2.21. The number of hydrogen-bond donors (Lipinski definition) is 1. The average molecular weight is 230 g/mol. The molecule has 0 aliphatic rings. The topological polar surface area (TPSA) is 55.8 Å². The van der Waals surface area contributed by atoms with Crippen LogP contribution in [0.1, 0.15) is 27.7 Å². The minimum atomic E-state index is -0.619. The summed E-state index contributed by atoms with van der Waals surface area (Å²) in [6.07, 6.45) is -0.619. The maximum atomic E-state index is 11.2. The first kappa shape index (κ1) is 15.1. The van der Waals surface area contributed by atoms with E-state index in [2.05, 4.69) is 6.58 Å². The molecule has 0 aliphatic carbocycles. The Balaban J connectivity index is 3.93. The van der Waals surface area contributed by atoms with Crippen LogP contribution < -0.4 is 0 Å². The monoisotopic (exact) mass is 230 g/mol. The Kier molecular flexibility index (Phi) is 6.29. The average Bonchev–Trinajstić information content (AvgIpc) is 2.13. The molecule has 0 bridgehead atoms. The Bertz CT molecular complexity index is 240. The number of hydrogen-bond acceptors (Lipinski definition) is 4. The summed E-state index contributed by atoms with van der Waals surface area (Å²) < 4.78 is 10.3. The van der Waals surface area contributed by atoms with Gasteiger partial charge in [-0.2, -0.15) is 0 Å². The number of aliphatic hydroxyl groups excluding tert-OH is 1. The molecule has 0 fully saturated rings. The smallest absolute Gasteiger partial charge is 0.333 e. The zero-order valence-electron chi connectivity index (χ0n) is 10.6. The molecule has 0 radical (unpaired) electrons. The van der Waals surface area contributed by atoms with Crippen molar-refractivity contribution in [3.05, 3.63) is 12.2 Å². The third-order valence-corrected chi connectivity index (χ3v) is 1.66. The van der Waals surface area contributed by atoms with Crippen LogP contribution >= 0.6 is 0 Å². The SMILES string of the molecule is C=C(C)C(=O)OC(CO)COCC(C)(C)C. The predicted molar refractivity (Wildman–Crippen MR) is 62.1 cm³/mol. The molecule has 0 spiro atoms. The summed E-state index contributed by atoms with van der Waals surface area (Å²) in [4.78, 5) is 11.2. The van der Waals surface area contributed by atoms with Crippen LogP contribution in [-0.2, 0) is 14.3 Å². The number of esters is 1. The van der Waals surface area contributed by atoms with Gasteiger partial charge in [-0.15, -0.1) is 0 Å². The molecule has 0 aromatic carbocycles.